The number of hydrogen-bond donors (Lipinski definition) is 0. The zero-order valence-electron chi connectivity index (χ0n) is 14.0. The van der Waals surface area contributed by atoms with Crippen molar-refractivity contribution in [3.05, 3.63) is 71.3 Å². The summed E-state index contributed by atoms with van der Waals surface area (Å²) in [6.07, 6.45) is 3.68. The van der Waals surface area contributed by atoms with Crippen LogP contribution in [0.1, 0.15) is 11.5 Å². The van der Waals surface area contributed by atoms with Crippen LogP contribution in [0.5, 0.6) is 0 Å². The molecule has 1 aromatic rings. The maximum atomic E-state index is 12.3. The molecule has 2 aliphatic heterocycles. The molecule has 0 saturated carbocycles. The normalized spacial score (nSPS) is 30.7. The van der Waals surface area contributed by atoms with Crippen molar-refractivity contribution in [1.29, 1.82) is 0 Å². The quantitative estimate of drug-likeness (QED) is 0.457. The Hall–Kier alpha value is -1.98. The zero-order chi connectivity index (χ0) is 17.2. The molecule has 2 saturated heterocycles. The zero-order valence-corrected chi connectivity index (χ0v) is 14.0. The van der Waals surface area contributed by atoms with E-state index in [0.717, 1.165) is 18.7 Å². The largest absolute Gasteiger partial charge is 0.292 e. The molecule has 2 fully saturated rings. The number of nitro groups is 1. The predicted octanol–water partition coefficient (Wildman–Crippen LogP) is 2.41. The summed E-state index contributed by atoms with van der Waals surface area (Å²) in [6.45, 7) is 11.7. The minimum absolute atomic E-state index is 0.0256. The highest BCUT2D eigenvalue weighted by Crippen LogP contribution is 2.45. The van der Waals surface area contributed by atoms with Crippen LogP contribution in [0.15, 0.2) is 55.6 Å². The third-order valence-electron chi connectivity index (χ3n) is 5.33. The van der Waals surface area contributed by atoms with E-state index in [9.17, 15) is 10.1 Å². The highest BCUT2D eigenvalue weighted by Gasteiger charge is 2.61. The molecule has 3 rings (SSSR count). The average Bonchev–Trinajstić information content (AvgIpc) is 2.55. The molecule has 0 aromatic heterocycles. The molecule has 0 radical (unpaired) electrons. The fraction of sp³-hybridized carbons (Fsp3) is 0.474. The first-order chi connectivity index (χ1) is 11.6. The third-order valence-corrected chi connectivity index (χ3v) is 5.33. The van der Waals surface area contributed by atoms with Crippen molar-refractivity contribution in [2.75, 3.05) is 39.3 Å². The molecule has 5 heteroatoms. The molecule has 0 unspecified atom stereocenters. The van der Waals surface area contributed by atoms with Crippen LogP contribution >= 0.6 is 0 Å². The minimum atomic E-state index is -0.978. The third kappa shape index (κ3) is 2.89. The van der Waals surface area contributed by atoms with Gasteiger partial charge in [-0.05, 0) is 11.5 Å². The topological polar surface area (TPSA) is 49.6 Å². The van der Waals surface area contributed by atoms with Gasteiger partial charge in [0.15, 0.2) is 0 Å². The van der Waals surface area contributed by atoms with E-state index in [1.54, 1.807) is 0 Å². The molecule has 24 heavy (non-hydrogen) atoms. The summed E-state index contributed by atoms with van der Waals surface area (Å²) in [6, 6.07) is 10.0. The van der Waals surface area contributed by atoms with Gasteiger partial charge in [0.1, 0.15) is 0 Å². The molecule has 0 N–H and O–H groups in total. The van der Waals surface area contributed by atoms with Crippen LogP contribution in [0.3, 0.4) is 0 Å². The molecule has 2 bridgehead atoms. The van der Waals surface area contributed by atoms with Crippen molar-refractivity contribution >= 4 is 0 Å². The molecule has 1 aromatic carbocycles. The second kappa shape index (κ2) is 6.87. The highest BCUT2D eigenvalue weighted by atomic mass is 16.6. The number of rotatable bonds is 6. The number of piperidine rings is 2. The molecule has 1 atom stereocenters. The minimum Gasteiger partial charge on any atom is -0.292 e. The van der Waals surface area contributed by atoms with Gasteiger partial charge in [-0.2, -0.15) is 0 Å². The van der Waals surface area contributed by atoms with Crippen LogP contribution < -0.4 is 0 Å². The highest BCUT2D eigenvalue weighted by molar-refractivity contribution is 5.28. The maximum absolute atomic E-state index is 12.3. The van der Waals surface area contributed by atoms with Gasteiger partial charge in [0.25, 0.3) is 5.54 Å². The van der Waals surface area contributed by atoms with E-state index < -0.39 is 5.54 Å². The van der Waals surface area contributed by atoms with Crippen LogP contribution in [-0.4, -0.2) is 59.5 Å². The van der Waals surface area contributed by atoms with Crippen LogP contribution in [0, 0.1) is 16.0 Å². The standard InChI is InChI=1S/C19H25N3O2/c1-3-10-20-12-17-13-21(11-4-2)15-19(14-20,22(23)24)18(17)16-8-6-5-7-9-16/h3-9,17-18H,1-2,10-15H2/t17?,18-,19?/m0/s1. The molecule has 5 nitrogen and oxygen atoms in total. The van der Waals surface area contributed by atoms with E-state index >= 15 is 0 Å². The SMILES string of the molecule is C=CCN1CC2CN(CC=C)CC([N+](=O)[O-])(C1)[C@H]2c1ccccc1. The lowest BCUT2D eigenvalue weighted by Crippen LogP contribution is -2.70. The summed E-state index contributed by atoms with van der Waals surface area (Å²) < 4.78 is 0. The van der Waals surface area contributed by atoms with Gasteiger partial charge in [-0.3, -0.25) is 19.9 Å². The Bertz CT molecular complexity index is 594. The lowest BCUT2D eigenvalue weighted by Gasteiger charge is -2.52. The predicted molar refractivity (Wildman–Crippen MR) is 95.7 cm³/mol. The number of benzene rings is 1. The first-order valence-electron chi connectivity index (χ1n) is 8.46. The van der Waals surface area contributed by atoms with Gasteiger partial charge < -0.3 is 0 Å². The summed E-state index contributed by atoms with van der Waals surface area (Å²) in [7, 11) is 0. The van der Waals surface area contributed by atoms with Gasteiger partial charge in [0, 0.05) is 31.1 Å². The second-order valence-corrected chi connectivity index (χ2v) is 6.97. The lowest BCUT2D eigenvalue weighted by molar-refractivity contribution is -0.585. The molecular weight excluding hydrogens is 302 g/mol. The number of likely N-dealkylation sites (tertiary alicyclic amines) is 2. The van der Waals surface area contributed by atoms with E-state index in [2.05, 4.69) is 23.0 Å². The van der Waals surface area contributed by atoms with Gasteiger partial charge in [-0.25, -0.2) is 0 Å². The number of hydrogen-bond acceptors (Lipinski definition) is 4. The van der Waals surface area contributed by atoms with Crippen LogP contribution in [0.4, 0.5) is 0 Å². The molecule has 128 valence electrons. The number of nitrogens with zero attached hydrogens (tertiary/aromatic N) is 3. The molecule has 2 heterocycles. The summed E-state index contributed by atoms with van der Waals surface area (Å²) in [4.78, 5) is 16.6. The fourth-order valence-corrected chi connectivity index (χ4v) is 4.64. The molecule has 2 aliphatic rings. The van der Waals surface area contributed by atoms with E-state index in [4.69, 9.17) is 0 Å². The Labute approximate surface area is 143 Å². The second-order valence-electron chi connectivity index (χ2n) is 6.97. The summed E-state index contributed by atoms with van der Waals surface area (Å²) >= 11 is 0. The average molecular weight is 327 g/mol. The fourth-order valence-electron chi connectivity index (χ4n) is 4.64. The summed E-state index contributed by atoms with van der Waals surface area (Å²) in [5.74, 6) is 0.191. The van der Waals surface area contributed by atoms with E-state index in [1.165, 1.54) is 0 Å². The van der Waals surface area contributed by atoms with Crippen molar-refractivity contribution in [1.82, 2.24) is 9.80 Å². The Morgan fingerprint density at radius 3 is 2.12 bits per heavy atom. The van der Waals surface area contributed by atoms with Crippen LogP contribution in [0.25, 0.3) is 0 Å². The van der Waals surface area contributed by atoms with Gasteiger partial charge >= 0.3 is 0 Å². The van der Waals surface area contributed by atoms with E-state index in [-0.39, 0.29) is 16.8 Å². The van der Waals surface area contributed by atoms with E-state index in [0.29, 0.717) is 26.2 Å². The Morgan fingerprint density at radius 1 is 1.12 bits per heavy atom. The van der Waals surface area contributed by atoms with Gasteiger partial charge in [-0.15, -0.1) is 13.2 Å². The molecule has 0 amide bonds. The molecule has 0 aliphatic carbocycles. The monoisotopic (exact) mass is 327 g/mol. The first kappa shape index (κ1) is 16.9. The van der Waals surface area contributed by atoms with Gasteiger partial charge in [0.2, 0.25) is 0 Å². The summed E-state index contributed by atoms with van der Waals surface area (Å²) in [5.41, 5.74) is 0.116. The maximum Gasteiger partial charge on any atom is 0.254 e. The Morgan fingerprint density at radius 2 is 1.67 bits per heavy atom. The van der Waals surface area contributed by atoms with Gasteiger partial charge in [-0.1, -0.05) is 42.5 Å². The van der Waals surface area contributed by atoms with Gasteiger partial charge in [0.05, 0.1) is 19.0 Å². The van der Waals surface area contributed by atoms with Crippen molar-refractivity contribution in [2.24, 2.45) is 5.92 Å². The van der Waals surface area contributed by atoms with Crippen molar-refractivity contribution < 1.29 is 4.92 Å². The smallest absolute Gasteiger partial charge is 0.254 e. The van der Waals surface area contributed by atoms with E-state index in [1.807, 2.05) is 42.5 Å². The van der Waals surface area contributed by atoms with Crippen LogP contribution in [0.2, 0.25) is 0 Å². The first-order valence-corrected chi connectivity index (χ1v) is 8.46. The van der Waals surface area contributed by atoms with Crippen molar-refractivity contribution in [2.45, 2.75) is 11.5 Å². The summed E-state index contributed by atoms with van der Waals surface area (Å²) in [5, 5.41) is 12.3. The molecular formula is C19H25N3O2. The van der Waals surface area contributed by atoms with Crippen LogP contribution in [-0.2, 0) is 0 Å². The Kier molecular flexibility index (Phi) is 4.83. The van der Waals surface area contributed by atoms with Crippen molar-refractivity contribution in [3.63, 3.8) is 0 Å². The molecule has 0 spiro atoms. The Balaban J connectivity index is 2.03. The lowest BCUT2D eigenvalue weighted by atomic mass is 9.66. The van der Waals surface area contributed by atoms with Crippen molar-refractivity contribution in [3.8, 4) is 0 Å². The number of fused-ring (bicyclic) bond motifs is 2.